The summed E-state index contributed by atoms with van der Waals surface area (Å²) < 4.78 is 4.91. The predicted molar refractivity (Wildman–Crippen MR) is 113 cm³/mol. The standard InChI is InChI=1S/C17H25N5OS.HI/c1-3-18-17(19-12-16-5-4-14(2)24-16)22-9-7-21(8-10-22)13-15-6-11-23-20-15;/h4-6,11H,3,7-10,12-13H2,1-2H3,(H,18,19);1H. The lowest BCUT2D eigenvalue weighted by atomic mass is 10.3. The number of hydrogen-bond donors (Lipinski definition) is 1. The highest BCUT2D eigenvalue weighted by atomic mass is 127. The third-order valence-corrected chi connectivity index (χ3v) is 5.05. The number of piperazine rings is 1. The van der Waals surface area contributed by atoms with Crippen LogP contribution >= 0.6 is 35.3 Å². The number of rotatable bonds is 5. The number of nitrogens with zero attached hydrogens (tertiary/aromatic N) is 4. The first-order chi connectivity index (χ1) is 11.7. The van der Waals surface area contributed by atoms with Gasteiger partial charge in [-0.3, -0.25) is 4.90 Å². The fraction of sp³-hybridized carbons (Fsp3) is 0.529. The summed E-state index contributed by atoms with van der Waals surface area (Å²) in [4.78, 5) is 12.2. The van der Waals surface area contributed by atoms with Crippen molar-refractivity contribution in [2.75, 3.05) is 32.7 Å². The third-order valence-electron chi connectivity index (χ3n) is 4.06. The lowest BCUT2D eigenvalue weighted by Gasteiger charge is -2.36. The summed E-state index contributed by atoms with van der Waals surface area (Å²) in [5.41, 5.74) is 0.997. The van der Waals surface area contributed by atoms with Crippen LogP contribution in [0, 0.1) is 6.92 Å². The molecule has 0 atom stereocenters. The van der Waals surface area contributed by atoms with Crippen LogP contribution in [0.5, 0.6) is 0 Å². The highest BCUT2D eigenvalue weighted by Gasteiger charge is 2.20. The number of aryl methyl sites for hydroxylation is 1. The van der Waals surface area contributed by atoms with E-state index in [1.165, 1.54) is 9.75 Å². The largest absolute Gasteiger partial charge is 0.364 e. The fourth-order valence-electron chi connectivity index (χ4n) is 2.81. The Morgan fingerprint density at radius 3 is 2.68 bits per heavy atom. The minimum absolute atomic E-state index is 0. The molecule has 3 heterocycles. The monoisotopic (exact) mass is 475 g/mol. The minimum atomic E-state index is 0. The number of aliphatic imine (C=N–C) groups is 1. The summed E-state index contributed by atoms with van der Waals surface area (Å²) in [5.74, 6) is 1.02. The molecule has 1 aliphatic rings. The van der Waals surface area contributed by atoms with Crippen molar-refractivity contribution in [3.8, 4) is 0 Å². The first-order valence-corrected chi connectivity index (χ1v) is 9.26. The van der Waals surface area contributed by atoms with Crippen molar-refractivity contribution in [2.45, 2.75) is 26.9 Å². The van der Waals surface area contributed by atoms with Gasteiger partial charge in [-0.2, -0.15) is 0 Å². The zero-order valence-electron chi connectivity index (χ0n) is 14.8. The maximum atomic E-state index is 4.91. The highest BCUT2D eigenvalue weighted by Crippen LogP contribution is 2.16. The second kappa shape index (κ2) is 10.1. The molecule has 0 aliphatic carbocycles. The summed E-state index contributed by atoms with van der Waals surface area (Å²) in [6.07, 6.45) is 1.63. The van der Waals surface area contributed by atoms with Crippen LogP contribution in [0.15, 0.2) is 34.0 Å². The van der Waals surface area contributed by atoms with Gasteiger partial charge < -0.3 is 14.7 Å². The Bertz CT molecular complexity index is 650. The van der Waals surface area contributed by atoms with E-state index >= 15 is 0 Å². The molecule has 0 amide bonds. The van der Waals surface area contributed by atoms with Crippen molar-refractivity contribution in [3.05, 3.63) is 39.9 Å². The number of guanidine groups is 1. The van der Waals surface area contributed by atoms with Crippen LogP contribution < -0.4 is 5.32 Å². The summed E-state index contributed by atoms with van der Waals surface area (Å²) >= 11 is 1.82. The summed E-state index contributed by atoms with van der Waals surface area (Å²) in [5, 5.41) is 7.42. The van der Waals surface area contributed by atoms with Gasteiger partial charge in [0.15, 0.2) is 5.96 Å². The SMILES string of the molecule is CCNC(=NCc1ccc(C)s1)N1CCN(Cc2ccon2)CC1.I. The molecule has 138 valence electrons. The van der Waals surface area contributed by atoms with Crippen LogP contribution in [0.2, 0.25) is 0 Å². The van der Waals surface area contributed by atoms with E-state index in [0.29, 0.717) is 0 Å². The second-order valence-electron chi connectivity index (χ2n) is 5.94. The Labute approximate surface area is 170 Å². The molecule has 6 nitrogen and oxygen atoms in total. The topological polar surface area (TPSA) is 56.9 Å². The number of aromatic nitrogens is 1. The molecule has 2 aromatic rings. The van der Waals surface area contributed by atoms with Crippen LogP contribution in [0.1, 0.15) is 22.4 Å². The van der Waals surface area contributed by atoms with E-state index in [-0.39, 0.29) is 24.0 Å². The van der Waals surface area contributed by atoms with E-state index in [1.54, 1.807) is 6.26 Å². The van der Waals surface area contributed by atoms with Gasteiger partial charge in [-0.1, -0.05) is 5.16 Å². The zero-order valence-corrected chi connectivity index (χ0v) is 17.9. The molecule has 2 aromatic heterocycles. The predicted octanol–water partition coefficient (Wildman–Crippen LogP) is 2.95. The summed E-state index contributed by atoms with van der Waals surface area (Å²) in [6, 6.07) is 6.26. The van der Waals surface area contributed by atoms with E-state index in [1.807, 2.05) is 17.4 Å². The van der Waals surface area contributed by atoms with E-state index in [2.05, 4.69) is 46.3 Å². The molecule has 1 aliphatic heterocycles. The van der Waals surface area contributed by atoms with Gasteiger partial charge in [0.2, 0.25) is 0 Å². The van der Waals surface area contributed by atoms with Gasteiger partial charge in [0.25, 0.3) is 0 Å². The number of hydrogen-bond acceptors (Lipinski definition) is 5. The smallest absolute Gasteiger partial charge is 0.194 e. The van der Waals surface area contributed by atoms with E-state index in [0.717, 1.165) is 57.5 Å². The van der Waals surface area contributed by atoms with Crippen molar-refractivity contribution >= 4 is 41.3 Å². The molecule has 0 saturated carbocycles. The van der Waals surface area contributed by atoms with Crippen LogP contribution in [0.4, 0.5) is 0 Å². The Morgan fingerprint density at radius 2 is 2.08 bits per heavy atom. The van der Waals surface area contributed by atoms with Crippen molar-refractivity contribution in [1.82, 2.24) is 20.3 Å². The minimum Gasteiger partial charge on any atom is -0.364 e. The average molecular weight is 475 g/mol. The normalized spacial score (nSPS) is 15.9. The van der Waals surface area contributed by atoms with Crippen molar-refractivity contribution in [1.29, 1.82) is 0 Å². The van der Waals surface area contributed by atoms with E-state index in [9.17, 15) is 0 Å². The van der Waals surface area contributed by atoms with Gasteiger partial charge in [-0.25, -0.2) is 4.99 Å². The van der Waals surface area contributed by atoms with E-state index in [4.69, 9.17) is 9.52 Å². The first kappa shape index (κ1) is 20.2. The Hall–Kier alpha value is -1.13. The van der Waals surface area contributed by atoms with Crippen LogP contribution in [0.25, 0.3) is 0 Å². The Morgan fingerprint density at radius 1 is 1.28 bits per heavy atom. The molecule has 1 fully saturated rings. The molecule has 0 unspecified atom stereocenters. The average Bonchev–Trinajstić information content (AvgIpc) is 3.24. The zero-order chi connectivity index (χ0) is 16.8. The highest BCUT2D eigenvalue weighted by molar-refractivity contribution is 14.0. The van der Waals surface area contributed by atoms with Crippen LogP contribution in [0.3, 0.4) is 0 Å². The lowest BCUT2D eigenvalue weighted by Crippen LogP contribution is -2.52. The number of halogens is 1. The van der Waals surface area contributed by atoms with Gasteiger partial charge in [0.05, 0.1) is 12.2 Å². The molecule has 0 spiro atoms. The quantitative estimate of drug-likeness (QED) is 0.410. The molecule has 3 rings (SSSR count). The van der Waals surface area contributed by atoms with Gasteiger partial charge in [0, 0.05) is 55.1 Å². The maximum Gasteiger partial charge on any atom is 0.194 e. The molecule has 8 heteroatoms. The Kier molecular flexibility index (Phi) is 8.17. The van der Waals surface area contributed by atoms with E-state index < -0.39 is 0 Å². The first-order valence-electron chi connectivity index (χ1n) is 8.45. The molecule has 0 radical (unpaired) electrons. The van der Waals surface area contributed by atoms with Gasteiger partial charge >= 0.3 is 0 Å². The Balaban J connectivity index is 0.00000225. The van der Waals surface area contributed by atoms with Gasteiger partial charge in [-0.15, -0.1) is 35.3 Å². The second-order valence-corrected chi connectivity index (χ2v) is 7.31. The maximum absolute atomic E-state index is 4.91. The summed E-state index contributed by atoms with van der Waals surface area (Å²) in [7, 11) is 0. The number of nitrogens with one attached hydrogen (secondary N) is 1. The molecular formula is C17H26IN5OS. The van der Waals surface area contributed by atoms with Crippen molar-refractivity contribution in [2.24, 2.45) is 4.99 Å². The van der Waals surface area contributed by atoms with Crippen LogP contribution in [-0.2, 0) is 13.1 Å². The summed E-state index contributed by atoms with van der Waals surface area (Å²) in [6.45, 7) is 10.7. The molecule has 0 aromatic carbocycles. The van der Waals surface area contributed by atoms with Gasteiger partial charge in [0.1, 0.15) is 6.26 Å². The lowest BCUT2D eigenvalue weighted by molar-refractivity contribution is 0.169. The number of thiophene rings is 1. The molecular weight excluding hydrogens is 449 g/mol. The molecule has 1 saturated heterocycles. The molecule has 25 heavy (non-hydrogen) atoms. The molecule has 1 N–H and O–H groups in total. The van der Waals surface area contributed by atoms with Gasteiger partial charge in [-0.05, 0) is 26.0 Å². The van der Waals surface area contributed by atoms with Crippen molar-refractivity contribution in [3.63, 3.8) is 0 Å². The third kappa shape index (κ3) is 5.96. The van der Waals surface area contributed by atoms with Crippen LogP contribution in [-0.4, -0.2) is 53.6 Å². The van der Waals surface area contributed by atoms with Crippen molar-refractivity contribution < 1.29 is 4.52 Å². The molecule has 0 bridgehead atoms. The fourth-order valence-corrected chi connectivity index (χ4v) is 3.63.